The molecule has 0 unspecified atom stereocenters. The molecule has 0 N–H and O–H groups in total. The minimum atomic E-state index is -2.99. The Morgan fingerprint density at radius 1 is 1.44 bits per heavy atom. The van der Waals surface area contributed by atoms with Gasteiger partial charge in [0.15, 0.2) is 15.5 Å². The summed E-state index contributed by atoms with van der Waals surface area (Å²) in [6.07, 6.45) is 2.52. The van der Waals surface area contributed by atoms with Gasteiger partial charge in [0.25, 0.3) is 0 Å². The zero-order valence-electron chi connectivity index (χ0n) is 8.68. The van der Waals surface area contributed by atoms with Crippen molar-refractivity contribution in [2.75, 3.05) is 5.75 Å². The molecule has 0 saturated heterocycles. The van der Waals surface area contributed by atoms with Crippen LogP contribution in [-0.4, -0.2) is 24.0 Å². The lowest BCUT2D eigenvalue weighted by molar-refractivity contribution is 0.577. The highest BCUT2D eigenvalue weighted by atomic mass is 32.2. The molecule has 0 spiro atoms. The van der Waals surface area contributed by atoms with E-state index >= 15 is 0 Å². The predicted molar refractivity (Wildman–Crippen MR) is 56.4 cm³/mol. The van der Waals surface area contributed by atoms with E-state index in [2.05, 4.69) is 11.2 Å². The van der Waals surface area contributed by atoms with Gasteiger partial charge >= 0.3 is 0 Å². The second-order valence-corrected chi connectivity index (χ2v) is 6.59. The monoisotopic (exact) mass is 237 g/mol. The minimum absolute atomic E-state index is 0.0491. The van der Waals surface area contributed by atoms with E-state index in [1.165, 1.54) is 0 Å². The molecule has 0 radical (unpaired) electrons. The smallest absolute Gasteiger partial charge is 0.166 e. The number of nitriles is 1. The Labute approximate surface area is 93.6 Å². The normalized spacial score (nSPS) is 22.4. The van der Waals surface area contributed by atoms with Gasteiger partial charge in [-0.05, 0) is 19.3 Å². The van der Waals surface area contributed by atoms with Crippen LogP contribution in [0, 0.1) is 11.3 Å². The van der Waals surface area contributed by atoms with Gasteiger partial charge < -0.3 is 0 Å². The number of rotatable bonds is 1. The van der Waals surface area contributed by atoms with Gasteiger partial charge in [-0.3, -0.25) is 4.68 Å². The highest BCUT2D eigenvalue weighted by Gasteiger charge is 2.34. The van der Waals surface area contributed by atoms with E-state index in [0.29, 0.717) is 18.2 Å². The lowest BCUT2D eigenvalue weighted by Gasteiger charge is -2.14. The van der Waals surface area contributed by atoms with Crippen LogP contribution in [0.4, 0.5) is 0 Å². The molecule has 2 aliphatic rings. The summed E-state index contributed by atoms with van der Waals surface area (Å²) in [6, 6.07) is 2.38. The fraction of sp³-hybridized carbons (Fsp3) is 0.600. The van der Waals surface area contributed by atoms with Crippen LogP contribution >= 0.6 is 0 Å². The van der Waals surface area contributed by atoms with Gasteiger partial charge in [-0.1, -0.05) is 0 Å². The van der Waals surface area contributed by atoms with Crippen molar-refractivity contribution < 1.29 is 8.42 Å². The molecule has 0 bridgehead atoms. The molecule has 0 aromatic carbocycles. The highest BCUT2D eigenvalue weighted by Crippen LogP contribution is 2.38. The van der Waals surface area contributed by atoms with Gasteiger partial charge in [0.1, 0.15) is 6.07 Å². The summed E-state index contributed by atoms with van der Waals surface area (Å²) in [5, 5.41) is 13.2. The first kappa shape index (κ1) is 9.85. The fourth-order valence-corrected chi connectivity index (χ4v) is 3.55. The standard InChI is InChI=1S/C10H11N3O2S/c11-5-9-8-3-4-16(14,15)6-10(8)13(12-9)7-1-2-7/h7H,1-4,6H2. The van der Waals surface area contributed by atoms with E-state index in [4.69, 9.17) is 5.26 Å². The lowest BCUT2D eigenvalue weighted by Crippen LogP contribution is -2.21. The number of sulfone groups is 1. The Kier molecular flexibility index (Phi) is 1.89. The maximum Gasteiger partial charge on any atom is 0.166 e. The number of fused-ring (bicyclic) bond motifs is 1. The molecule has 1 saturated carbocycles. The first-order chi connectivity index (χ1) is 7.61. The maximum atomic E-state index is 11.6. The van der Waals surface area contributed by atoms with Gasteiger partial charge in [0.2, 0.25) is 0 Å². The van der Waals surface area contributed by atoms with E-state index in [9.17, 15) is 8.42 Å². The summed E-state index contributed by atoms with van der Waals surface area (Å²) in [5.41, 5.74) is 2.02. The zero-order chi connectivity index (χ0) is 11.3. The minimum Gasteiger partial charge on any atom is -0.264 e. The molecule has 1 aliphatic heterocycles. The third-order valence-electron chi connectivity index (χ3n) is 3.14. The largest absolute Gasteiger partial charge is 0.264 e. The van der Waals surface area contributed by atoms with Crippen molar-refractivity contribution in [2.24, 2.45) is 0 Å². The van der Waals surface area contributed by atoms with Crippen molar-refractivity contribution in [2.45, 2.75) is 31.1 Å². The van der Waals surface area contributed by atoms with Crippen molar-refractivity contribution in [1.82, 2.24) is 9.78 Å². The average Bonchev–Trinajstić information content (AvgIpc) is 3.00. The highest BCUT2D eigenvalue weighted by molar-refractivity contribution is 7.90. The summed E-state index contributed by atoms with van der Waals surface area (Å²) < 4.78 is 24.9. The molecule has 0 atom stereocenters. The predicted octanol–water partition coefficient (Wildman–Crippen LogP) is 0.561. The Morgan fingerprint density at radius 3 is 2.81 bits per heavy atom. The lowest BCUT2D eigenvalue weighted by atomic mass is 10.1. The number of hydrogen-bond acceptors (Lipinski definition) is 4. The average molecular weight is 237 g/mol. The Morgan fingerprint density at radius 2 is 2.19 bits per heavy atom. The summed E-state index contributed by atoms with van der Waals surface area (Å²) in [5.74, 6) is 0.193. The SMILES string of the molecule is N#Cc1nn(C2CC2)c2c1CCS(=O)(=O)C2. The molecule has 0 amide bonds. The summed E-state index contributed by atoms with van der Waals surface area (Å²) in [6.45, 7) is 0. The first-order valence-electron chi connectivity index (χ1n) is 5.31. The molecule has 5 nitrogen and oxygen atoms in total. The molecule has 1 aromatic heterocycles. The van der Waals surface area contributed by atoms with Gasteiger partial charge in [0, 0.05) is 5.56 Å². The van der Waals surface area contributed by atoms with Gasteiger partial charge in [-0.25, -0.2) is 8.42 Å². The van der Waals surface area contributed by atoms with Crippen LogP contribution in [0.25, 0.3) is 0 Å². The second-order valence-electron chi connectivity index (χ2n) is 4.40. The van der Waals surface area contributed by atoms with Crippen molar-refractivity contribution in [3.05, 3.63) is 17.0 Å². The Bertz CT molecular complexity index is 590. The molecule has 84 valence electrons. The molecule has 1 aliphatic carbocycles. The van der Waals surface area contributed by atoms with Gasteiger partial charge in [-0.15, -0.1) is 0 Å². The first-order valence-corrected chi connectivity index (χ1v) is 7.13. The van der Waals surface area contributed by atoms with Crippen LogP contribution in [0.3, 0.4) is 0 Å². The summed E-state index contributed by atoms with van der Waals surface area (Å²) in [7, 11) is -2.99. The van der Waals surface area contributed by atoms with Crippen LogP contribution in [-0.2, 0) is 22.0 Å². The van der Waals surface area contributed by atoms with E-state index in [-0.39, 0.29) is 11.5 Å². The van der Waals surface area contributed by atoms with Crippen LogP contribution in [0.1, 0.15) is 35.8 Å². The topological polar surface area (TPSA) is 75.8 Å². The fourth-order valence-electron chi connectivity index (χ4n) is 2.17. The van der Waals surface area contributed by atoms with Crippen molar-refractivity contribution >= 4 is 9.84 Å². The maximum absolute atomic E-state index is 11.6. The van der Waals surface area contributed by atoms with Gasteiger partial charge in [0.05, 0.1) is 23.2 Å². The zero-order valence-corrected chi connectivity index (χ0v) is 9.50. The van der Waals surface area contributed by atoms with Crippen LogP contribution in [0.5, 0.6) is 0 Å². The molecule has 1 fully saturated rings. The Hall–Kier alpha value is -1.35. The number of nitrogens with zero attached hydrogens (tertiary/aromatic N) is 3. The third-order valence-corrected chi connectivity index (χ3v) is 4.68. The van der Waals surface area contributed by atoms with Crippen molar-refractivity contribution in [1.29, 1.82) is 5.26 Å². The second kappa shape index (κ2) is 3.08. The number of aromatic nitrogens is 2. The molecule has 2 heterocycles. The van der Waals surface area contributed by atoms with Crippen molar-refractivity contribution in [3.8, 4) is 6.07 Å². The summed E-state index contributed by atoms with van der Waals surface area (Å²) in [4.78, 5) is 0. The van der Waals surface area contributed by atoms with E-state index in [0.717, 1.165) is 24.1 Å². The van der Waals surface area contributed by atoms with Crippen LogP contribution in [0.15, 0.2) is 0 Å². The molecule has 1 aromatic rings. The third kappa shape index (κ3) is 1.43. The van der Waals surface area contributed by atoms with Crippen LogP contribution in [0.2, 0.25) is 0 Å². The molecular weight excluding hydrogens is 226 g/mol. The molecule has 3 rings (SSSR count). The van der Waals surface area contributed by atoms with E-state index in [1.807, 2.05) is 0 Å². The van der Waals surface area contributed by atoms with Crippen LogP contribution < -0.4 is 0 Å². The molecular formula is C10H11N3O2S. The number of hydrogen-bond donors (Lipinski definition) is 0. The van der Waals surface area contributed by atoms with E-state index < -0.39 is 9.84 Å². The molecule has 16 heavy (non-hydrogen) atoms. The Balaban J connectivity index is 2.16. The van der Waals surface area contributed by atoms with Gasteiger partial charge in [-0.2, -0.15) is 10.4 Å². The quantitative estimate of drug-likeness (QED) is 0.715. The van der Waals surface area contributed by atoms with E-state index in [1.54, 1.807) is 4.68 Å². The molecule has 6 heteroatoms. The van der Waals surface area contributed by atoms with Crippen molar-refractivity contribution in [3.63, 3.8) is 0 Å². The summed E-state index contributed by atoms with van der Waals surface area (Å²) >= 11 is 0.